The molecule has 22 heavy (non-hydrogen) atoms. The van der Waals surface area contributed by atoms with E-state index in [1.54, 1.807) is 0 Å². The normalized spacial score (nSPS) is 17.2. The molecule has 1 fully saturated rings. The number of carbonyl (C=O) groups is 1. The van der Waals surface area contributed by atoms with Gasteiger partial charge in [-0.15, -0.1) is 0 Å². The summed E-state index contributed by atoms with van der Waals surface area (Å²) >= 11 is 0. The number of hydrogen-bond donors (Lipinski definition) is 3. The van der Waals surface area contributed by atoms with Crippen LogP contribution in [-0.2, 0) is 4.79 Å². The second kappa shape index (κ2) is 9.66. The molecule has 6 nitrogen and oxygen atoms in total. The van der Waals surface area contributed by atoms with Crippen LogP contribution in [0.5, 0.6) is 0 Å². The highest BCUT2D eigenvalue weighted by molar-refractivity contribution is 5.85. The van der Waals surface area contributed by atoms with Gasteiger partial charge in [0.05, 0.1) is 0 Å². The van der Waals surface area contributed by atoms with Gasteiger partial charge < -0.3 is 20.9 Å². The van der Waals surface area contributed by atoms with Gasteiger partial charge in [0.1, 0.15) is 6.54 Å². The van der Waals surface area contributed by atoms with Crippen LogP contribution in [0, 0.1) is 0 Å². The first-order valence-corrected chi connectivity index (χ1v) is 8.46. The third-order valence-electron chi connectivity index (χ3n) is 3.41. The largest absolute Gasteiger partial charge is 0.357 e. The van der Waals surface area contributed by atoms with E-state index in [0.29, 0.717) is 5.96 Å². The van der Waals surface area contributed by atoms with Crippen molar-refractivity contribution in [2.45, 2.75) is 52.5 Å². The van der Waals surface area contributed by atoms with E-state index < -0.39 is 0 Å². The Morgan fingerprint density at radius 1 is 1.14 bits per heavy atom. The molecule has 1 amide bonds. The van der Waals surface area contributed by atoms with Crippen LogP contribution in [0.1, 0.15) is 47.0 Å². The van der Waals surface area contributed by atoms with Crippen molar-refractivity contribution in [2.24, 2.45) is 4.99 Å². The Labute approximate surface area is 135 Å². The lowest BCUT2D eigenvalue weighted by atomic mass is 10.1. The summed E-state index contributed by atoms with van der Waals surface area (Å²) in [6.45, 7) is 13.1. The molecule has 6 heteroatoms. The zero-order valence-electron chi connectivity index (χ0n) is 14.7. The standard InChI is InChI=1S/C16H33N5O/c1-5-17-15(19-13-14(22)20-16(2,3)4)18-9-12-21-10-7-6-8-11-21/h5-13H2,1-4H3,(H,20,22)(H2,17,18,19). The van der Waals surface area contributed by atoms with Crippen molar-refractivity contribution in [2.75, 3.05) is 39.3 Å². The molecule has 0 saturated carbocycles. The molecule has 0 aromatic carbocycles. The van der Waals surface area contributed by atoms with E-state index in [4.69, 9.17) is 0 Å². The molecule has 1 rings (SSSR count). The molecule has 1 aliphatic rings. The van der Waals surface area contributed by atoms with E-state index in [-0.39, 0.29) is 18.0 Å². The van der Waals surface area contributed by atoms with E-state index in [1.165, 1.54) is 32.4 Å². The van der Waals surface area contributed by atoms with Gasteiger partial charge in [0, 0.05) is 25.2 Å². The van der Waals surface area contributed by atoms with Gasteiger partial charge in [0.25, 0.3) is 0 Å². The van der Waals surface area contributed by atoms with Crippen LogP contribution in [0.3, 0.4) is 0 Å². The average Bonchev–Trinajstić information content (AvgIpc) is 2.44. The van der Waals surface area contributed by atoms with Gasteiger partial charge in [-0.3, -0.25) is 4.79 Å². The minimum absolute atomic E-state index is 0.0549. The third kappa shape index (κ3) is 8.87. The molecule has 0 radical (unpaired) electrons. The highest BCUT2D eigenvalue weighted by Gasteiger charge is 2.13. The smallest absolute Gasteiger partial charge is 0.242 e. The van der Waals surface area contributed by atoms with Crippen molar-refractivity contribution in [3.05, 3.63) is 0 Å². The summed E-state index contributed by atoms with van der Waals surface area (Å²) in [6, 6.07) is 0. The number of guanidine groups is 1. The second-order valence-corrected chi connectivity index (χ2v) is 6.82. The molecular weight excluding hydrogens is 278 g/mol. The maximum absolute atomic E-state index is 11.8. The van der Waals surface area contributed by atoms with Crippen molar-refractivity contribution in [1.82, 2.24) is 20.9 Å². The van der Waals surface area contributed by atoms with Crippen molar-refractivity contribution >= 4 is 11.9 Å². The van der Waals surface area contributed by atoms with E-state index in [2.05, 4.69) is 25.8 Å². The number of nitrogens with zero attached hydrogens (tertiary/aromatic N) is 2. The fourth-order valence-corrected chi connectivity index (χ4v) is 2.47. The molecule has 128 valence electrons. The quantitative estimate of drug-likeness (QED) is 0.504. The Hall–Kier alpha value is -1.30. The Bertz CT molecular complexity index is 356. The first-order valence-electron chi connectivity index (χ1n) is 8.46. The third-order valence-corrected chi connectivity index (χ3v) is 3.41. The Balaban J connectivity index is 2.33. The molecule has 0 unspecified atom stereocenters. The molecule has 1 heterocycles. The average molecular weight is 311 g/mol. The van der Waals surface area contributed by atoms with Crippen molar-refractivity contribution in [1.29, 1.82) is 0 Å². The summed E-state index contributed by atoms with van der Waals surface area (Å²) < 4.78 is 0. The fourth-order valence-electron chi connectivity index (χ4n) is 2.47. The van der Waals surface area contributed by atoms with Gasteiger partial charge in [-0.25, -0.2) is 4.99 Å². The van der Waals surface area contributed by atoms with Gasteiger partial charge in [-0.05, 0) is 53.6 Å². The highest BCUT2D eigenvalue weighted by Crippen LogP contribution is 2.07. The van der Waals surface area contributed by atoms with Gasteiger partial charge in [0.2, 0.25) is 5.91 Å². The minimum Gasteiger partial charge on any atom is -0.357 e. The van der Waals surface area contributed by atoms with E-state index in [0.717, 1.165) is 19.6 Å². The first-order chi connectivity index (χ1) is 10.4. The van der Waals surface area contributed by atoms with Crippen LogP contribution in [0.15, 0.2) is 4.99 Å². The predicted octanol–water partition coefficient (Wildman–Crippen LogP) is 0.942. The number of rotatable bonds is 6. The van der Waals surface area contributed by atoms with Crippen molar-refractivity contribution in [3.8, 4) is 0 Å². The molecular formula is C16H33N5O. The van der Waals surface area contributed by atoms with Crippen LogP contribution in [0.4, 0.5) is 0 Å². The molecule has 1 aliphatic heterocycles. The molecule has 0 aliphatic carbocycles. The van der Waals surface area contributed by atoms with Crippen LogP contribution >= 0.6 is 0 Å². The lowest BCUT2D eigenvalue weighted by Gasteiger charge is -2.26. The minimum atomic E-state index is -0.216. The highest BCUT2D eigenvalue weighted by atomic mass is 16.2. The lowest BCUT2D eigenvalue weighted by Crippen LogP contribution is -2.44. The summed E-state index contributed by atoms with van der Waals surface area (Å²) in [6.07, 6.45) is 3.97. The summed E-state index contributed by atoms with van der Waals surface area (Å²) in [4.78, 5) is 18.6. The topological polar surface area (TPSA) is 68.8 Å². The first kappa shape index (κ1) is 18.7. The zero-order chi connectivity index (χ0) is 16.4. The number of likely N-dealkylation sites (tertiary alicyclic amines) is 1. The van der Waals surface area contributed by atoms with Crippen LogP contribution < -0.4 is 16.0 Å². The monoisotopic (exact) mass is 311 g/mol. The molecule has 0 aromatic rings. The van der Waals surface area contributed by atoms with Gasteiger partial charge in [-0.2, -0.15) is 0 Å². The summed E-state index contributed by atoms with van der Waals surface area (Å²) in [7, 11) is 0. The maximum Gasteiger partial charge on any atom is 0.242 e. The van der Waals surface area contributed by atoms with Crippen LogP contribution in [0.2, 0.25) is 0 Å². The van der Waals surface area contributed by atoms with Gasteiger partial charge in [-0.1, -0.05) is 6.42 Å². The Morgan fingerprint density at radius 2 is 1.82 bits per heavy atom. The number of hydrogen-bond acceptors (Lipinski definition) is 3. The van der Waals surface area contributed by atoms with Crippen LogP contribution in [-0.4, -0.2) is 61.6 Å². The van der Waals surface area contributed by atoms with Gasteiger partial charge >= 0.3 is 0 Å². The zero-order valence-corrected chi connectivity index (χ0v) is 14.7. The lowest BCUT2D eigenvalue weighted by molar-refractivity contribution is -0.121. The Kier molecular flexibility index (Phi) is 8.24. The van der Waals surface area contributed by atoms with E-state index in [1.807, 2.05) is 27.7 Å². The van der Waals surface area contributed by atoms with E-state index >= 15 is 0 Å². The number of aliphatic imine (C=N–C) groups is 1. The molecule has 3 N–H and O–H groups in total. The van der Waals surface area contributed by atoms with Crippen LogP contribution in [0.25, 0.3) is 0 Å². The number of carbonyl (C=O) groups excluding carboxylic acids is 1. The number of piperidine rings is 1. The number of nitrogens with one attached hydrogen (secondary N) is 3. The molecule has 0 atom stereocenters. The summed E-state index contributed by atoms with van der Waals surface area (Å²) in [5.41, 5.74) is -0.216. The maximum atomic E-state index is 11.8. The van der Waals surface area contributed by atoms with Crippen molar-refractivity contribution < 1.29 is 4.79 Å². The molecule has 0 bridgehead atoms. The molecule has 1 saturated heterocycles. The summed E-state index contributed by atoms with van der Waals surface area (Å²) in [5.74, 6) is 0.657. The molecule has 0 spiro atoms. The fraction of sp³-hybridized carbons (Fsp3) is 0.875. The van der Waals surface area contributed by atoms with Crippen molar-refractivity contribution in [3.63, 3.8) is 0 Å². The number of amides is 1. The predicted molar refractivity (Wildman–Crippen MR) is 92.2 cm³/mol. The SMILES string of the molecule is CCNC(=NCC(=O)NC(C)(C)C)NCCN1CCCCC1. The second-order valence-electron chi connectivity index (χ2n) is 6.82. The van der Waals surface area contributed by atoms with Gasteiger partial charge in [0.15, 0.2) is 5.96 Å². The van der Waals surface area contributed by atoms with E-state index in [9.17, 15) is 4.79 Å². The molecule has 0 aromatic heterocycles. The summed E-state index contributed by atoms with van der Waals surface area (Å²) in [5, 5.41) is 9.40. The Morgan fingerprint density at radius 3 is 2.41 bits per heavy atom.